The minimum atomic E-state index is -2.60. The molecular weight excluding hydrogens is 357 g/mol. The first-order chi connectivity index (χ1) is 12.7. The third-order valence-corrected chi connectivity index (χ3v) is 4.84. The highest BCUT2D eigenvalue weighted by molar-refractivity contribution is 5.36. The molecule has 1 aliphatic rings. The van der Waals surface area contributed by atoms with E-state index in [1.807, 2.05) is 11.8 Å². The summed E-state index contributed by atoms with van der Waals surface area (Å²) in [5.41, 5.74) is -0.197. The predicted molar refractivity (Wildman–Crippen MR) is 96.5 cm³/mol. The Morgan fingerprint density at radius 3 is 2.56 bits per heavy atom. The molecule has 0 saturated carbocycles. The van der Waals surface area contributed by atoms with Gasteiger partial charge < -0.3 is 5.32 Å². The third-order valence-electron chi connectivity index (χ3n) is 4.84. The van der Waals surface area contributed by atoms with Crippen LogP contribution in [0.5, 0.6) is 0 Å². The van der Waals surface area contributed by atoms with Crippen LogP contribution in [-0.4, -0.2) is 50.0 Å². The molecule has 0 amide bonds. The van der Waals surface area contributed by atoms with Crippen molar-refractivity contribution in [3.63, 3.8) is 0 Å². The van der Waals surface area contributed by atoms with E-state index in [1.54, 1.807) is 26.2 Å². The van der Waals surface area contributed by atoms with Gasteiger partial charge in [0.1, 0.15) is 23.0 Å². The SMILES string of the molecule is Cc1cc(NCC2(F)CCN(Cc3cn(C)nc3C(F)F)CC2)nc(C)n1. The van der Waals surface area contributed by atoms with Gasteiger partial charge in [0.15, 0.2) is 0 Å². The van der Waals surface area contributed by atoms with Crippen LogP contribution in [0.2, 0.25) is 0 Å². The standard InChI is InChI=1S/C18H25F3N6/c1-12-8-15(24-13(2)23-12)22-11-18(21)4-6-27(7-5-18)10-14-9-26(3)25-16(14)17(19)20/h8-9,17H,4-7,10-11H2,1-3H3,(H,22,23,24). The van der Waals surface area contributed by atoms with Crippen LogP contribution in [0.25, 0.3) is 0 Å². The van der Waals surface area contributed by atoms with Crippen LogP contribution in [0.1, 0.15) is 42.0 Å². The van der Waals surface area contributed by atoms with Crippen molar-refractivity contribution in [1.82, 2.24) is 24.6 Å². The molecule has 0 aromatic carbocycles. The number of nitrogens with one attached hydrogen (secondary N) is 1. The lowest BCUT2D eigenvalue weighted by Crippen LogP contribution is -2.45. The van der Waals surface area contributed by atoms with Crippen LogP contribution in [0.15, 0.2) is 12.3 Å². The third kappa shape index (κ3) is 4.97. The first-order valence-electron chi connectivity index (χ1n) is 9.02. The number of nitrogens with zero attached hydrogens (tertiary/aromatic N) is 5. The number of alkyl halides is 3. The quantitative estimate of drug-likeness (QED) is 0.832. The van der Waals surface area contributed by atoms with Crippen LogP contribution in [0.4, 0.5) is 19.0 Å². The van der Waals surface area contributed by atoms with Crippen LogP contribution >= 0.6 is 0 Å². The molecule has 9 heteroatoms. The molecule has 2 aromatic heterocycles. The van der Waals surface area contributed by atoms with Gasteiger partial charge in [0, 0.05) is 50.2 Å². The zero-order chi connectivity index (χ0) is 19.6. The average Bonchev–Trinajstić information content (AvgIpc) is 2.95. The highest BCUT2D eigenvalue weighted by Crippen LogP contribution is 2.29. The number of aromatic nitrogens is 4. The lowest BCUT2D eigenvalue weighted by molar-refractivity contribution is 0.0643. The Kier molecular flexibility index (Phi) is 5.69. The minimum absolute atomic E-state index is 0.173. The fraction of sp³-hybridized carbons (Fsp3) is 0.611. The number of piperidine rings is 1. The van der Waals surface area contributed by atoms with Crippen molar-refractivity contribution < 1.29 is 13.2 Å². The van der Waals surface area contributed by atoms with Gasteiger partial charge in [-0.3, -0.25) is 9.58 Å². The van der Waals surface area contributed by atoms with Crippen molar-refractivity contribution in [2.75, 3.05) is 25.0 Å². The molecule has 3 heterocycles. The van der Waals surface area contributed by atoms with Crippen molar-refractivity contribution in [2.24, 2.45) is 7.05 Å². The Labute approximate surface area is 156 Å². The fourth-order valence-electron chi connectivity index (χ4n) is 3.45. The Hall–Kier alpha value is -2.16. The van der Waals surface area contributed by atoms with E-state index < -0.39 is 12.1 Å². The number of aryl methyl sites for hydroxylation is 3. The van der Waals surface area contributed by atoms with Gasteiger partial charge in [-0.2, -0.15) is 5.10 Å². The van der Waals surface area contributed by atoms with Gasteiger partial charge >= 0.3 is 0 Å². The molecule has 1 saturated heterocycles. The topological polar surface area (TPSA) is 58.9 Å². The average molecular weight is 382 g/mol. The van der Waals surface area contributed by atoms with Crippen LogP contribution < -0.4 is 5.32 Å². The summed E-state index contributed by atoms with van der Waals surface area (Å²) in [5, 5.41) is 6.90. The molecule has 1 N–H and O–H groups in total. The van der Waals surface area contributed by atoms with E-state index in [4.69, 9.17) is 0 Å². The molecule has 0 atom stereocenters. The van der Waals surface area contributed by atoms with Gasteiger partial charge in [-0.25, -0.2) is 23.1 Å². The summed E-state index contributed by atoms with van der Waals surface area (Å²) in [7, 11) is 1.63. The molecule has 6 nitrogen and oxygen atoms in total. The maximum Gasteiger partial charge on any atom is 0.282 e. The predicted octanol–water partition coefficient (Wildman–Crippen LogP) is 3.18. The molecule has 1 aliphatic heterocycles. The molecule has 0 aliphatic carbocycles. The van der Waals surface area contributed by atoms with Crippen LogP contribution in [0.3, 0.4) is 0 Å². The van der Waals surface area contributed by atoms with Crippen molar-refractivity contribution >= 4 is 5.82 Å². The zero-order valence-electron chi connectivity index (χ0n) is 15.8. The van der Waals surface area contributed by atoms with Crippen LogP contribution in [-0.2, 0) is 13.6 Å². The van der Waals surface area contributed by atoms with Crippen molar-refractivity contribution in [3.8, 4) is 0 Å². The van der Waals surface area contributed by atoms with E-state index in [9.17, 15) is 8.78 Å². The maximum atomic E-state index is 15.1. The molecule has 0 radical (unpaired) electrons. The number of rotatable bonds is 6. The summed E-state index contributed by atoms with van der Waals surface area (Å²) >= 11 is 0. The highest BCUT2D eigenvalue weighted by Gasteiger charge is 2.35. The normalized spacial score (nSPS) is 17.4. The Balaban J connectivity index is 1.54. The molecule has 27 heavy (non-hydrogen) atoms. The number of hydrogen-bond donors (Lipinski definition) is 1. The first kappa shape index (κ1) is 19.6. The molecule has 1 fully saturated rings. The van der Waals surface area contributed by atoms with E-state index >= 15 is 4.39 Å². The van der Waals surface area contributed by atoms with E-state index in [2.05, 4.69) is 20.4 Å². The summed E-state index contributed by atoms with van der Waals surface area (Å²) in [6, 6.07) is 1.79. The van der Waals surface area contributed by atoms with Gasteiger partial charge in [0.2, 0.25) is 0 Å². The second-order valence-corrected chi connectivity index (χ2v) is 7.24. The lowest BCUT2D eigenvalue weighted by Gasteiger charge is -2.36. The van der Waals surface area contributed by atoms with E-state index in [-0.39, 0.29) is 12.2 Å². The van der Waals surface area contributed by atoms with Gasteiger partial charge in [-0.05, 0) is 26.7 Å². The summed E-state index contributed by atoms with van der Waals surface area (Å²) in [6.45, 7) is 5.23. The molecule has 148 valence electrons. The van der Waals surface area contributed by atoms with Crippen molar-refractivity contribution in [3.05, 3.63) is 35.0 Å². The molecule has 0 spiro atoms. The van der Waals surface area contributed by atoms with E-state index in [0.29, 0.717) is 49.7 Å². The Morgan fingerprint density at radius 1 is 1.22 bits per heavy atom. The Morgan fingerprint density at radius 2 is 1.93 bits per heavy atom. The van der Waals surface area contributed by atoms with Gasteiger partial charge in [0.25, 0.3) is 6.43 Å². The maximum absolute atomic E-state index is 15.1. The van der Waals surface area contributed by atoms with Gasteiger partial charge in [-0.15, -0.1) is 0 Å². The van der Waals surface area contributed by atoms with Gasteiger partial charge in [0.05, 0.1) is 6.54 Å². The van der Waals surface area contributed by atoms with Gasteiger partial charge in [-0.1, -0.05) is 0 Å². The Bertz CT molecular complexity index is 763. The zero-order valence-corrected chi connectivity index (χ0v) is 15.8. The number of anilines is 1. The number of hydrogen-bond acceptors (Lipinski definition) is 5. The van der Waals surface area contributed by atoms with E-state index in [1.165, 1.54) is 4.68 Å². The monoisotopic (exact) mass is 382 g/mol. The first-order valence-corrected chi connectivity index (χ1v) is 9.02. The second kappa shape index (κ2) is 7.84. The fourth-order valence-corrected chi connectivity index (χ4v) is 3.45. The molecule has 3 rings (SSSR count). The van der Waals surface area contributed by atoms with Crippen molar-refractivity contribution in [2.45, 2.75) is 45.3 Å². The molecule has 2 aromatic rings. The summed E-state index contributed by atoms with van der Waals surface area (Å²) < 4.78 is 42.6. The minimum Gasteiger partial charge on any atom is -0.367 e. The summed E-state index contributed by atoms with van der Waals surface area (Å²) in [6.07, 6.45) is -0.309. The lowest BCUT2D eigenvalue weighted by atomic mass is 9.93. The largest absolute Gasteiger partial charge is 0.367 e. The number of halogens is 3. The summed E-state index contributed by atoms with van der Waals surface area (Å²) in [5.74, 6) is 1.27. The molecule has 0 bridgehead atoms. The second-order valence-electron chi connectivity index (χ2n) is 7.24. The van der Waals surface area contributed by atoms with E-state index in [0.717, 1.165) is 5.69 Å². The molecular formula is C18H25F3N6. The number of likely N-dealkylation sites (tertiary alicyclic amines) is 1. The molecule has 0 unspecified atom stereocenters. The smallest absolute Gasteiger partial charge is 0.282 e. The van der Waals surface area contributed by atoms with Crippen molar-refractivity contribution in [1.29, 1.82) is 0 Å². The summed E-state index contributed by atoms with van der Waals surface area (Å²) in [4.78, 5) is 10.5. The highest BCUT2D eigenvalue weighted by atomic mass is 19.3. The van der Waals surface area contributed by atoms with Crippen LogP contribution in [0, 0.1) is 13.8 Å².